The van der Waals surface area contributed by atoms with Crippen molar-refractivity contribution in [2.24, 2.45) is 0 Å². The molecule has 130 valence electrons. The van der Waals surface area contributed by atoms with Gasteiger partial charge in [-0.3, -0.25) is 0 Å². The van der Waals surface area contributed by atoms with E-state index < -0.39 is 10.0 Å². The maximum atomic E-state index is 12.7. The number of sulfonamides is 1. The van der Waals surface area contributed by atoms with Gasteiger partial charge in [-0.15, -0.1) is 0 Å². The Morgan fingerprint density at radius 3 is 2.46 bits per heavy atom. The zero-order valence-corrected chi connectivity index (χ0v) is 14.7. The molecule has 24 heavy (non-hydrogen) atoms. The van der Waals surface area contributed by atoms with E-state index in [4.69, 9.17) is 10.00 Å². The van der Waals surface area contributed by atoms with Crippen LogP contribution in [0.25, 0.3) is 0 Å². The molecule has 0 amide bonds. The van der Waals surface area contributed by atoms with Crippen LogP contribution < -0.4 is 4.74 Å². The number of nitrogens with zero attached hydrogens (tertiary/aromatic N) is 2. The zero-order chi connectivity index (χ0) is 17.0. The van der Waals surface area contributed by atoms with Gasteiger partial charge in [0.2, 0.25) is 10.0 Å². The Kier molecular flexibility index (Phi) is 5.42. The summed E-state index contributed by atoms with van der Waals surface area (Å²) < 4.78 is 33.1. The average molecular weight is 348 g/mol. The summed E-state index contributed by atoms with van der Waals surface area (Å²) in [6, 6.07) is 9.21. The van der Waals surface area contributed by atoms with E-state index >= 15 is 0 Å². The Hall–Kier alpha value is -1.58. The van der Waals surface area contributed by atoms with E-state index in [9.17, 15) is 8.42 Å². The van der Waals surface area contributed by atoms with Crippen LogP contribution in [0.5, 0.6) is 5.75 Å². The lowest BCUT2D eigenvalue weighted by atomic mass is 10.0. The first kappa shape index (κ1) is 17.2. The maximum Gasteiger partial charge on any atom is 0.216 e. The van der Waals surface area contributed by atoms with Crippen LogP contribution in [0.3, 0.4) is 0 Å². The van der Waals surface area contributed by atoms with Crippen LogP contribution in [0, 0.1) is 11.3 Å². The number of hydrogen-bond donors (Lipinski definition) is 0. The number of hydrogen-bond acceptors (Lipinski definition) is 4. The van der Waals surface area contributed by atoms with Crippen LogP contribution in [-0.4, -0.2) is 37.2 Å². The number of benzene rings is 1. The van der Waals surface area contributed by atoms with Gasteiger partial charge < -0.3 is 4.74 Å². The van der Waals surface area contributed by atoms with Crippen molar-refractivity contribution in [3.8, 4) is 11.8 Å². The summed E-state index contributed by atoms with van der Waals surface area (Å²) in [5, 5.41) is 8.75. The molecule has 0 radical (unpaired) electrons. The fourth-order valence-electron chi connectivity index (χ4n) is 3.61. The van der Waals surface area contributed by atoms with Gasteiger partial charge in [-0.2, -0.15) is 5.26 Å². The van der Waals surface area contributed by atoms with Crippen molar-refractivity contribution >= 4 is 10.0 Å². The quantitative estimate of drug-likeness (QED) is 0.838. The summed E-state index contributed by atoms with van der Waals surface area (Å²) in [7, 11) is -3.16. The minimum Gasteiger partial charge on any atom is -0.490 e. The second-order valence-corrected chi connectivity index (χ2v) is 8.87. The molecule has 2 aliphatic rings. The van der Waals surface area contributed by atoms with Gasteiger partial charge in [0.25, 0.3) is 0 Å². The Morgan fingerprint density at radius 2 is 1.79 bits per heavy atom. The lowest BCUT2D eigenvalue weighted by molar-refractivity contribution is 0.134. The highest BCUT2D eigenvalue weighted by atomic mass is 32.2. The fourth-order valence-corrected chi connectivity index (χ4v) is 5.68. The Bertz CT molecular complexity index is 697. The van der Waals surface area contributed by atoms with Crippen LogP contribution >= 0.6 is 0 Å². The predicted molar refractivity (Wildman–Crippen MR) is 92.2 cm³/mol. The highest BCUT2D eigenvalue weighted by Crippen LogP contribution is 2.28. The van der Waals surface area contributed by atoms with E-state index in [1.807, 2.05) is 6.07 Å². The molecule has 1 aromatic rings. The van der Waals surface area contributed by atoms with Crippen LogP contribution in [0.15, 0.2) is 24.3 Å². The fraction of sp³-hybridized carbons (Fsp3) is 0.611. The highest BCUT2D eigenvalue weighted by molar-refractivity contribution is 7.89. The molecular weight excluding hydrogens is 324 g/mol. The number of rotatable bonds is 4. The summed E-state index contributed by atoms with van der Waals surface area (Å²) in [5.41, 5.74) is 0.574. The number of ether oxygens (including phenoxy) is 1. The van der Waals surface area contributed by atoms with E-state index in [1.54, 1.807) is 22.5 Å². The molecule has 0 bridgehead atoms. The molecule has 1 aliphatic carbocycles. The van der Waals surface area contributed by atoms with Crippen LogP contribution in [0.1, 0.15) is 50.5 Å². The average Bonchev–Trinajstić information content (AvgIpc) is 2.63. The molecule has 0 N–H and O–H groups in total. The molecule has 1 aromatic carbocycles. The Labute approximate surface area is 144 Å². The van der Waals surface area contributed by atoms with Gasteiger partial charge in [-0.05, 0) is 43.9 Å². The molecule has 0 unspecified atom stereocenters. The molecule has 6 heteroatoms. The summed E-state index contributed by atoms with van der Waals surface area (Å²) in [6.07, 6.45) is 6.23. The van der Waals surface area contributed by atoms with Crippen molar-refractivity contribution in [2.75, 3.05) is 13.1 Å². The number of piperidine rings is 1. The normalized spacial score (nSPS) is 21.3. The first-order valence-electron chi connectivity index (χ1n) is 8.75. The lowest BCUT2D eigenvalue weighted by Gasteiger charge is -2.34. The van der Waals surface area contributed by atoms with Gasteiger partial charge >= 0.3 is 0 Å². The van der Waals surface area contributed by atoms with Crippen LogP contribution in [0.2, 0.25) is 0 Å². The molecule has 1 saturated carbocycles. The first-order chi connectivity index (χ1) is 11.6. The SMILES string of the molecule is N#Cc1cccc(OC2CCN(S(=O)(=O)C3CCCCC3)CC2)c1. The zero-order valence-electron chi connectivity index (χ0n) is 13.9. The van der Waals surface area contributed by atoms with Gasteiger partial charge in [0.05, 0.1) is 16.9 Å². The van der Waals surface area contributed by atoms with Gasteiger partial charge in [0.15, 0.2) is 0 Å². The minimum atomic E-state index is -3.16. The molecule has 0 spiro atoms. The minimum absolute atomic E-state index is 0.0109. The molecule has 5 nitrogen and oxygen atoms in total. The van der Waals surface area contributed by atoms with Crippen LogP contribution in [-0.2, 0) is 10.0 Å². The van der Waals surface area contributed by atoms with E-state index in [0.29, 0.717) is 37.2 Å². The van der Waals surface area contributed by atoms with Gasteiger partial charge in [-0.25, -0.2) is 12.7 Å². The molecule has 2 fully saturated rings. The van der Waals surface area contributed by atoms with E-state index in [0.717, 1.165) is 32.1 Å². The molecule has 0 aromatic heterocycles. The van der Waals surface area contributed by atoms with Gasteiger partial charge in [-0.1, -0.05) is 25.3 Å². The first-order valence-corrected chi connectivity index (χ1v) is 10.3. The van der Waals surface area contributed by atoms with Crippen molar-refractivity contribution in [1.82, 2.24) is 4.31 Å². The largest absolute Gasteiger partial charge is 0.490 e. The predicted octanol–water partition coefficient (Wildman–Crippen LogP) is 3.06. The third-order valence-electron chi connectivity index (χ3n) is 5.00. The summed E-state index contributed by atoms with van der Waals surface area (Å²) in [6.45, 7) is 1.06. The van der Waals surface area contributed by atoms with Crippen molar-refractivity contribution in [3.05, 3.63) is 29.8 Å². The standard InChI is InChI=1S/C18H24N2O3S/c19-14-15-5-4-6-17(13-15)23-16-9-11-20(12-10-16)24(21,22)18-7-2-1-3-8-18/h4-6,13,16,18H,1-3,7-12H2. The maximum absolute atomic E-state index is 12.7. The monoisotopic (exact) mass is 348 g/mol. The van der Waals surface area contributed by atoms with Crippen molar-refractivity contribution in [2.45, 2.75) is 56.3 Å². The third-order valence-corrected chi connectivity index (χ3v) is 7.40. The van der Waals surface area contributed by atoms with Crippen molar-refractivity contribution < 1.29 is 13.2 Å². The Morgan fingerprint density at radius 1 is 1.08 bits per heavy atom. The summed E-state index contributed by atoms with van der Waals surface area (Å²) >= 11 is 0. The second-order valence-electron chi connectivity index (χ2n) is 6.66. The molecular formula is C18H24N2O3S. The van der Waals surface area contributed by atoms with E-state index in [2.05, 4.69) is 6.07 Å². The lowest BCUT2D eigenvalue weighted by Crippen LogP contribution is -2.46. The molecule has 3 rings (SSSR count). The molecule has 1 heterocycles. The summed E-state index contributed by atoms with van der Waals surface area (Å²) in [5.74, 6) is 0.683. The van der Waals surface area contributed by atoms with Crippen LogP contribution in [0.4, 0.5) is 0 Å². The number of nitriles is 1. The van der Waals surface area contributed by atoms with Gasteiger partial charge in [0, 0.05) is 13.1 Å². The van der Waals surface area contributed by atoms with E-state index in [-0.39, 0.29) is 11.4 Å². The smallest absolute Gasteiger partial charge is 0.216 e. The molecule has 0 atom stereocenters. The highest BCUT2D eigenvalue weighted by Gasteiger charge is 2.35. The van der Waals surface area contributed by atoms with Crippen molar-refractivity contribution in [3.63, 3.8) is 0 Å². The third kappa shape index (κ3) is 3.90. The summed E-state index contributed by atoms with van der Waals surface area (Å²) in [4.78, 5) is 0. The second kappa shape index (κ2) is 7.54. The molecule has 1 aliphatic heterocycles. The van der Waals surface area contributed by atoms with Crippen molar-refractivity contribution in [1.29, 1.82) is 5.26 Å². The molecule has 1 saturated heterocycles. The van der Waals surface area contributed by atoms with Gasteiger partial charge in [0.1, 0.15) is 11.9 Å². The Balaban J connectivity index is 1.56. The topological polar surface area (TPSA) is 70.4 Å². The van der Waals surface area contributed by atoms with E-state index in [1.165, 1.54) is 0 Å².